The van der Waals surface area contributed by atoms with Gasteiger partial charge < -0.3 is 10.1 Å². The Bertz CT molecular complexity index is 447. The van der Waals surface area contributed by atoms with Gasteiger partial charge in [0.05, 0.1) is 12.6 Å². The van der Waals surface area contributed by atoms with Crippen molar-refractivity contribution >= 4 is 17.5 Å². The zero-order valence-electron chi connectivity index (χ0n) is 11.8. The molecule has 0 aromatic heterocycles. The van der Waals surface area contributed by atoms with Crippen LogP contribution in [0.3, 0.4) is 0 Å². The van der Waals surface area contributed by atoms with Gasteiger partial charge in [0.15, 0.2) is 0 Å². The summed E-state index contributed by atoms with van der Waals surface area (Å²) in [6.07, 6.45) is 2.32. The number of nitrogens with one attached hydrogen (secondary N) is 1. The quantitative estimate of drug-likeness (QED) is 0.874. The molecule has 20 heavy (non-hydrogen) atoms. The van der Waals surface area contributed by atoms with E-state index in [0.29, 0.717) is 19.6 Å². The molecule has 1 heterocycles. The Hall–Kier alpha value is -1.10. The van der Waals surface area contributed by atoms with E-state index in [4.69, 9.17) is 16.3 Å². The summed E-state index contributed by atoms with van der Waals surface area (Å²) in [4.78, 5) is 13.8. The molecule has 1 aliphatic rings. The lowest BCUT2D eigenvalue weighted by molar-refractivity contribution is -0.122. The van der Waals surface area contributed by atoms with Crippen molar-refractivity contribution in [3.63, 3.8) is 0 Å². The Balaban J connectivity index is 1.72. The van der Waals surface area contributed by atoms with Gasteiger partial charge in [0, 0.05) is 24.7 Å². The lowest BCUT2D eigenvalue weighted by Gasteiger charge is -2.18. The molecule has 1 saturated heterocycles. The van der Waals surface area contributed by atoms with Crippen molar-refractivity contribution in [3.05, 3.63) is 34.9 Å². The number of carbonyl (C=O) groups excluding carboxylic acids is 1. The van der Waals surface area contributed by atoms with Crippen molar-refractivity contribution in [2.24, 2.45) is 0 Å². The molecule has 0 saturated carbocycles. The first-order valence-corrected chi connectivity index (χ1v) is 7.33. The summed E-state index contributed by atoms with van der Waals surface area (Å²) in [5.41, 5.74) is 1.03. The maximum Gasteiger partial charge on any atom is 0.234 e. The van der Waals surface area contributed by atoms with Gasteiger partial charge in [-0.3, -0.25) is 9.69 Å². The number of halogens is 1. The summed E-state index contributed by atoms with van der Waals surface area (Å²) < 4.78 is 5.47. The molecule has 1 amide bonds. The van der Waals surface area contributed by atoms with Crippen molar-refractivity contribution in [2.45, 2.75) is 25.5 Å². The fraction of sp³-hybridized carbons (Fsp3) is 0.533. The third-order valence-electron chi connectivity index (χ3n) is 3.36. The number of carbonyl (C=O) groups is 1. The van der Waals surface area contributed by atoms with Crippen molar-refractivity contribution in [3.8, 4) is 0 Å². The molecule has 0 radical (unpaired) electrons. The van der Waals surface area contributed by atoms with Crippen molar-refractivity contribution in [1.82, 2.24) is 10.2 Å². The average molecular weight is 297 g/mol. The first-order chi connectivity index (χ1) is 9.65. The number of ether oxygens (including phenoxy) is 1. The monoisotopic (exact) mass is 296 g/mol. The molecular formula is C15H21ClN2O2. The van der Waals surface area contributed by atoms with E-state index in [1.807, 2.05) is 36.2 Å². The highest BCUT2D eigenvalue weighted by Gasteiger charge is 2.16. The van der Waals surface area contributed by atoms with Crippen molar-refractivity contribution < 1.29 is 9.53 Å². The van der Waals surface area contributed by atoms with Crippen LogP contribution >= 0.6 is 11.6 Å². The molecule has 1 N–H and O–H groups in total. The predicted octanol–water partition coefficient (Wildman–Crippen LogP) is 2.07. The number of rotatable bonds is 6. The number of likely N-dealkylation sites (N-methyl/N-ethyl adjacent to an activating group) is 1. The van der Waals surface area contributed by atoms with E-state index in [-0.39, 0.29) is 12.0 Å². The molecule has 1 atom stereocenters. The summed E-state index contributed by atoms with van der Waals surface area (Å²) in [6.45, 7) is 2.44. The SMILES string of the molecule is CN(CC(=O)NCC1CCCO1)Cc1ccccc1Cl. The Kier molecular flexibility index (Phi) is 5.83. The molecule has 1 aliphatic heterocycles. The highest BCUT2D eigenvalue weighted by molar-refractivity contribution is 6.31. The van der Waals surface area contributed by atoms with E-state index in [2.05, 4.69) is 5.32 Å². The van der Waals surface area contributed by atoms with E-state index in [9.17, 15) is 4.79 Å². The smallest absolute Gasteiger partial charge is 0.234 e. The fourth-order valence-electron chi connectivity index (χ4n) is 2.31. The van der Waals surface area contributed by atoms with Gasteiger partial charge in [0.1, 0.15) is 0 Å². The van der Waals surface area contributed by atoms with Gasteiger partial charge in [-0.1, -0.05) is 29.8 Å². The molecule has 2 rings (SSSR count). The molecular weight excluding hydrogens is 276 g/mol. The molecule has 0 aliphatic carbocycles. The van der Waals surface area contributed by atoms with Gasteiger partial charge >= 0.3 is 0 Å². The van der Waals surface area contributed by atoms with Crippen LogP contribution in [-0.2, 0) is 16.1 Å². The summed E-state index contributed by atoms with van der Waals surface area (Å²) in [5.74, 6) is 0.0232. The van der Waals surface area contributed by atoms with Crippen LogP contribution in [0.15, 0.2) is 24.3 Å². The maximum absolute atomic E-state index is 11.8. The van der Waals surface area contributed by atoms with Crippen LogP contribution in [0.2, 0.25) is 5.02 Å². The third-order valence-corrected chi connectivity index (χ3v) is 3.73. The first-order valence-electron chi connectivity index (χ1n) is 6.95. The second kappa shape index (κ2) is 7.62. The lowest BCUT2D eigenvalue weighted by atomic mass is 10.2. The van der Waals surface area contributed by atoms with E-state index in [1.165, 1.54) is 0 Å². The zero-order chi connectivity index (χ0) is 14.4. The Morgan fingerprint density at radius 2 is 2.30 bits per heavy atom. The molecule has 110 valence electrons. The number of hydrogen-bond acceptors (Lipinski definition) is 3. The average Bonchev–Trinajstić information content (AvgIpc) is 2.92. The maximum atomic E-state index is 11.8. The van der Waals surface area contributed by atoms with Gasteiger partial charge in [-0.2, -0.15) is 0 Å². The van der Waals surface area contributed by atoms with Gasteiger partial charge in [-0.15, -0.1) is 0 Å². The third kappa shape index (κ3) is 4.78. The van der Waals surface area contributed by atoms with Crippen LogP contribution < -0.4 is 5.32 Å². The van der Waals surface area contributed by atoms with Gasteiger partial charge in [0.25, 0.3) is 0 Å². The highest BCUT2D eigenvalue weighted by Crippen LogP contribution is 2.16. The van der Waals surface area contributed by atoms with Crippen molar-refractivity contribution in [1.29, 1.82) is 0 Å². The normalized spacial score (nSPS) is 18.4. The molecule has 4 nitrogen and oxygen atoms in total. The summed E-state index contributed by atoms with van der Waals surface area (Å²) in [7, 11) is 1.91. The van der Waals surface area contributed by atoms with Gasteiger partial charge in [0.2, 0.25) is 5.91 Å². The molecule has 1 unspecified atom stereocenters. The number of nitrogens with zero attached hydrogens (tertiary/aromatic N) is 1. The minimum atomic E-state index is 0.0232. The first kappa shape index (κ1) is 15.3. The topological polar surface area (TPSA) is 41.6 Å². The molecule has 1 fully saturated rings. The standard InChI is InChI=1S/C15H21ClN2O2/c1-18(10-12-5-2-3-7-14(12)16)11-15(19)17-9-13-6-4-8-20-13/h2-3,5,7,13H,4,6,8-11H2,1H3,(H,17,19). The molecule has 0 spiro atoms. The van der Waals surface area contributed by atoms with Crippen LogP contribution in [0.1, 0.15) is 18.4 Å². The van der Waals surface area contributed by atoms with E-state index in [0.717, 1.165) is 30.0 Å². The molecule has 5 heteroatoms. The van der Waals surface area contributed by atoms with Crippen LogP contribution in [0.5, 0.6) is 0 Å². The van der Waals surface area contributed by atoms with E-state index in [1.54, 1.807) is 0 Å². The summed E-state index contributed by atoms with van der Waals surface area (Å²) >= 11 is 6.11. The minimum Gasteiger partial charge on any atom is -0.376 e. The van der Waals surface area contributed by atoms with Crippen LogP contribution in [0.25, 0.3) is 0 Å². The number of benzene rings is 1. The Morgan fingerprint density at radius 1 is 1.50 bits per heavy atom. The number of hydrogen-bond donors (Lipinski definition) is 1. The second-order valence-electron chi connectivity index (χ2n) is 5.20. The van der Waals surface area contributed by atoms with Crippen molar-refractivity contribution in [2.75, 3.05) is 26.7 Å². The molecule has 1 aromatic rings. The Morgan fingerprint density at radius 3 is 3.00 bits per heavy atom. The van der Waals surface area contributed by atoms with Gasteiger partial charge in [-0.25, -0.2) is 0 Å². The zero-order valence-corrected chi connectivity index (χ0v) is 12.5. The van der Waals surface area contributed by atoms with Crippen LogP contribution in [0.4, 0.5) is 0 Å². The highest BCUT2D eigenvalue weighted by atomic mass is 35.5. The fourth-order valence-corrected chi connectivity index (χ4v) is 2.50. The summed E-state index contributed by atoms with van der Waals surface area (Å²) in [5, 5.41) is 3.65. The van der Waals surface area contributed by atoms with E-state index >= 15 is 0 Å². The lowest BCUT2D eigenvalue weighted by Crippen LogP contribution is -2.38. The minimum absolute atomic E-state index is 0.0232. The Labute approximate surface area is 125 Å². The largest absolute Gasteiger partial charge is 0.376 e. The predicted molar refractivity (Wildman–Crippen MR) is 79.8 cm³/mol. The summed E-state index contributed by atoms with van der Waals surface area (Å²) in [6, 6.07) is 7.69. The molecule has 0 bridgehead atoms. The van der Waals surface area contributed by atoms with Gasteiger partial charge in [-0.05, 0) is 31.5 Å². The van der Waals surface area contributed by atoms with Crippen LogP contribution in [-0.4, -0.2) is 43.7 Å². The number of amides is 1. The second-order valence-corrected chi connectivity index (χ2v) is 5.61. The van der Waals surface area contributed by atoms with Crippen LogP contribution in [0, 0.1) is 0 Å². The molecule has 1 aromatic carbocycles. The van der Waals surface area contributed by atoms with E-state index < -0.39 is 0 Å².